The van der Waals surface area contributed by atoms with E-state index >= 15 is 0 Å². The van der Waals surface area contributed by atoms with Crippen molar-refractivity contribution in [3.8, 4) is 0 Å². The molecule has 8 heteroatoms. The first-order valence-electron chi connectivity index (χ1n) is 9.94. The Balaban J connectivity index is 2.05. The number of hydrogen-bond donors (Lipinski definition) is 3. The molecule has 1 saturated heterocycles. The molecule has 1 amide bonds. The van der Waals surface area contributed by atoms with Gasteiger partial charge in [0.05, 0.1) is 50.5 Å². The van der Waals surface area contributed by atoms with Crippen LogP contribution in [0.15, 0.2) is 60.2 Å². The summed E-state index contributed by atoms with van der Waals surface area (Å²) in [7, 11) is 1.29. The van der Waals surface area contributed by atoms with Crippen LogP contribution in [0.1, 0.15) is 27.5 Å². The fraction of sp³-hybridized carbons (Fsp3) is 0.261. The average Bonchev–Trinajstić information content (AvgIpc) is 3.06. The fourth-order valence-corrected chi connectivity index (χ4v) is 3.59. The number of Topliss-reactive ketones (excluding diaryl/α,β-unsaturated/α-hetero) is 1. The van der Waals surface area contributed by atoms with Crippen LogP contribution in [0.5, 0.6) is 0 Å². The third-order valence-electron chi connectivity index (χ3n) is 5.14. The number of likely N-dealkylation sites (tertiary alicyclic amines) is 1. The van der Waals surface area contributed by atoms with E-state index in [1.165, 1.54) is 12.0 Å². The fourth-order valence-electron chi connectivity index (χ4n) is 3.59. The quantitative estimate of drug-likeness (QED) is 0.186. The number of quaternary nitrogens is 1. The SMILES string of the molecule is COC(=O)c1ccc([C@H]2C(=C(O)c3ccccc3)C(=O)C(=O)N2CC[NH2+]CCO)cc1. The predicted octanol–water partition coefficient (Wildman–Crippen LogP) is 0.451. The van der Waals surface area contributed by atoms with Crippen LogP contribution in [0.4, 0.5) is 0 Å². The van der Waals surface area contributed by atoms with Gasteiger partial charge in [-0.1, -0.05) is 42.5 Å². The first-order valence-corrected chi connectivity index (χ1v) is 9.94. The van der Waals surface area contributed by atoms with Crippen molar-refractivity contribution in [2.24, 2.45) is 0 Å². The minimum absolute atomic E-state index is 0.00387. The van der Waals surface area contributed by atoms with Crippen molar-refractivity contribution < 1.29 is 34.7 Å². The normalized spacial score (nSPS) is 17.7. The van der Waals surface area contributed by atoms with Gasteiger partial charge in [-0.25, -0.2) is 4.79 Å². The first kappa shape index (κ1) is 22.2. The summed E-state index contributed by atoms with van der Waals surface area (Å²) in [6.45, 7) is 1.22. The maximum Gasteiger partial charge on any atom is 0.337 e. The molecule has 162 valence electrons. The van der Waals surface area contributed by atoms with E-state index in [0.29, 0.717) is 29.8 Å². The molecule has 0 bridgehead atoms. The number of ketones is 1. The number of aliphatic hydroxyl groups excluding tert-OH is 2. The topological polar surface area (TPSA) is 121 Å². The van der Waals surface area contributed by atoms with Crippen molar-refractivity contribution in [3.63, 3.8) is 0 Å². The van der Waals surface area contributed by atoms with Crippen LogP contribution in [0, 0.1) is 0 Å². The standard InChI is InChI=1S/C23H24N2O6/c1-31-23(30)17-9-7-15(8-10-17)19-18(20(27)16-5-3-2-4-6-16)21(28)22(29)25(19)13-11-24-12-14-26/h2-10,19,24,26-27H,11-14H2,1H3/p+1/t19-/m0/s1. The summed E-state index contributed by atoms with van der Waals surface area (Å²) in [6, 6.07) is 14.2. The lowest BCUT2D eigenvalue weighted by Crippen LogP contribution is -2.86. The molecule has 1 aliphatic heterocycles. The van der Waals surface area contributed by atoms with Gasteiger partial charge < -0.3 is 25.2 Å². The maximum atomic E-state index is 12.9. The van der Waals surface area contributed by atoms with Crippen LogP contribution in [-0.4, -0.2) is 66.1 Å². The lowest BCUT2D eigenvalue weighted by atomic mass is 9.94. The summed E-state index contributed by atoms with van der Waals surface area (Å²) in [6.07, 6.45) is 0. The summed E-state index contributed by atoms with van der Waals surface area (Å²) in [5.74, 6) is -2.20. The number of amides is 1. The van der Waals surface area contributed by atoms with Gasteiger partial charge >= 0.3 is 5.97 Å². The van der Waals surface area contributed by atoms with Gasteiger partial charge in [0.2, 0.25) is 0 Å². The van der Waals surface area contributed by atoms with Crippen LogP contribution in [0.2, 0.25) is 0 Å². The number of nitrogens with two attached hydrogens (primary N) is 1. The van der Waals surface area contributed by atoms with E-state index in [4.69, 9.17) is 9.84 Å². The van der Waals surface area contributed by atoms with Gasteiger partial charge in [0.15, 0.2) is 0 Å². The van der Waals surface area contributed by atoms with Crippen LogP contribution in [-0.2, 0) is 14.3 Å². The highest BCUT2D eigenvalue weighted by Crippen LogP contribution is 2.39. The van der Waals surface area contributed by atoms with Crippen LogP contribution < -0.4 is 5.32 Å². The molecule has 4 N–H and O–H groups in total. The highest BCUT2D eigenvalue weighted by molar-refractivity contribution is 6.46. The third kappa shape index (κ3) is 4.65. The van der Waals surface area contributed by atoms with Gasteiger partial charge in [0, 0.05) is 5.56 Å². The molecule has 2 aromatic rings. The Hall–Kier alpha value is -3.49. The van der Waals surface area contributed by atoms with E-state index < -0.39 is 23.7 Å². The molecule has 0 aromatic heterocycles. The monoisotopic (exact) mass is 425 g/mol. The molecule has 31 heavy (non-hydrogen) atoms. The van der Waals surface area contributed by atoms with E-state index in [1.54, 1.807) is 54.6 Å². The Kier molecular flexibility index (Phi) is 7.17. The second-order valence-corrected chi connectivity index (χ2v) is 7.06. The average molecular weight is 425 g/mol. The molecular formula is C23H25N2O6+. The minimum Gasteiger partial charge on any atom is -0.507 e. The van der Waals surface area contributed by atoms with Crippen molar-refractivity contribution in [3.05, 3.63) is 76.9 Å². The number of methoxy groups -OCH3 is 1. The van der Waals surface area contributed by atoms with Crippen LogP contribution in [0.25, 0.3) is 5.76 Å². The van der Waals surface area contributed by atoms with Crippen molar-refractivity contribution >= 4 is 23.4 Å². The number of aliphatic hydroxyl groups is 2. The lowest BCUT2D eigenvalue weighted by Gasteiger charge is -2.24. The van der Waals surface area contributed by atoms with Gasteiger partial charge in [0.1, 0.15) is 5.76 Å². The zero-order valence-electron chi connectivity index (χ0n) is 17.2. The molecule has 1 heterocycles. The van der Waals surface area contributed by atoms with Crippen molar-refractivity contribution in [2.45, 2.75) is 6.04 Å². The van der Waals surface area contributed by atoms with Crippen LogP contribution in [0.3, 0.4) is 0 Å². The molecule has 3 rings (SSSR count). The Bertz CT molecular complexity index is 985. The number of carbonyl (C=O) groups excluding carboxylic acids is 3. The van der Waals surface area contributed by atoms with E-state index in [2.05, 4.69) is 0 Å². The van der Waals surface area contributed by atoms with Crippen molar-refractivity contribution in [2.75, 3.05) is 33.4 Å². The largest absolute Gasteiger partial charge is 0.507 e. The molecule has 0 spiro atoms. The molecular weight excluding hydrogens is 400 g/mol. The van der Waals surface area contributed by atoms with Gasteiger partial charge in [-0.15, -0.1) is 0 Å². The summed E-state index contributed by atoms with van der Waals surface area (Å²) in [5.41, 5.74) is 1.36. The van der Waals surface area contributed by atoms with Gasteiger partial charge in [-0.05, 0) is 17.7 Å². The molecule has 1 atom stereocenters. The Labute approximate surface area is 179 Å². The molecule has 0 saturated carbocycles. The molecule has 8 nitrogen and oxygen atoms in total. The number of hydrogen-bond acceptors (Lipinski definition) is 6. The Morgan fingerprint density at radius 2 is 1.71 bits per heavy atom. The van der Waals surface area contributed by atoms with E-state index in [9.17, 15) is 19.5 Å². The smallest absolute Gasteiger partial charge is 0.337 e. The first-order chi connectivity index (χ1) is 15.0. The maximum absolute atomic E-state index is 12.9. The number of ether oxygens (including phenoxy) is 1. The lowest BCUT2D eigenvalue weighted by molar-refractivity contribution is -0.655. The van der Waals surface area contributed by atoms with Crippen LogP contribution >= 0.6 is 0 Å². The summed E-state index contributed by atoms with van der Waals surface area (Å²) >= 11 is 0. The molecule has 1 fully saturated rings. The molecule has 1 aliphatic rings. The summed E-state index contributed by atoms with van der Waals surface area (Å²) in [4.78, 5) is 38.9. The number of esters is 1. The number of carbonyl (C=O) groups is 3. The van der Waals surface area contributed by atoms with Gasteiger partial charge in [-0.3, -0.25) is 9.59 Å². The number of nitrogens with zero attached hydrogens (tertiary/aromatic N) is 1. The summed E-state index contributed by atoms with van der Waals surface area (Å²) in [5, 5.41) is 21.7. The Morgan fingerprint density at radius 1 is 1.03 bits per heavy atom. The Morgan fingerprint density at radius 3 is 2.32 bits per heavy atom. The van der Waals surface area contributed by atoms with E-state index in [0.717, 1.165) is 0 Å². The molecule has 0 radical (unpaired) electrons. The van der Waals surface area contributed by atoms with Gasteiger partial charge in [0.25, 0.3) is 11.7 Å². The van der Waals surface area contributed by atoms with Crippen molar-refractivity contribution in [1.82, 2.24) is 4.90 Å². The van der Waals surface area contributed by atoms with E-state index in [1.807, 2.05) is 5.32 Å². The summed E-state index contributed by atoms with van der Waals surface area (Å²) < 4.78 is 4.72. The number of rotatable bonds is 8. The number of benzene rings is 2. The molecule has 0 aliphatic carbocycles. The predicted molar refractivity (Wildman–Crippen MR) is 112 cm³/mol. The van der Waals surface area contributed by atoms with E-state index in [-0.39, 0.29) is 24.5 Å². The second-order valence-electron chi connectivity index (χ2n) is 7.06. The second kappa shape index (κ2) is 10.0. The highest BCUT2D eigenvalue weighted by Gasteiger charge is 2.46. The minimum atomic E-state index is -0.797. The zero-order valence-corrected chi connectivity index (χ0v) is 17.2. The van der Waals surface area contributed by atoms with Gasteiger partial charge in [-0.2, -0.15) is 0 Å². The molecule has 0 unspecified atom stereocenters. The van der Waals surface area contributed by atoms with Crippen molar-refractivity contribution in [1.29, 1.82) is 0 Å². The zero-order chi connectivity index (χ0) is 22.4. The highest BCUT2D eigenvalue weighted by atomic mass is 16.5. The molecule has 2 aromatic carbocycles. The third-order valence-corrected chi connectivity index (χ3v) is 5.14.